The number of ether oxygens (including phenoxy) is 1. The Morgan fingerprint density at radius 2 is 1.96 bits per heavy atom. The normalized spacial score (nSPS) is 11.0. The molecule has 2 rings (SSSR count). The zero-order chi connectivity index (χ0) is 17.4. The minimum absolute atomic E-state index is 0.233. The van der Waals surface area contributed by atoms with E-state index in [1.807, 2.05) is 0 Å². The molecule has 0 atom stereocenters. The molecule has 0 spiro atoms. The van der Waals surface area contributed by atoms with Gasteiger partial charge in [0.05, 0.1) is 18.4 Å². The van der Waals surface area contributed by atoms with E-state index in [0.717, 1.165) is 6.26 Å². The first-order chi connectivity index (χ1) is 11.4. The van der Waals surface area contributed by atoms with E-state index in [1.54, 1.807) is 42.6 Å². The average molecular weight is 349 g/mol. The highest BCUT2D eigenvalue weighted by molar-refractivity contribution is 7.88. The van der Waals surface area contributed by atoms with Crippen molar-refractivity contribution in [2.45, 2.75) is 6.42 Å². The summed E-state index contributed by atoms with van der Waals surface area (Å²) in [5.74, 6) is 0.414. The van der Waals surface area contributed by atoms with Gasteiger partial charge in [-0.15, -0.1) is 0 Å². The molecule has 1 aromatic heterocycles. The molecule has 0 saturated heterocycles. The van der Waals surface area contributed by atoms with Crippen LogP contribution in [0.3, 0.4) is 0 Å². The van der Waals surface area contributed by atoms with Crippen LogP contribution in [0.2, 0.25) is 0 Å². The van der Waals surface area contributed by atoms with Crippen molar-refractivity contribution in [3.63, 3.8) is 0 Å². The van der Waals surface area contributed by atoms with Crippen LogP contribution in [-0.4, -0.2) is 38.7 Å². The fourth-order valence-electron chi connectivity index (χ4n) is 1.85. The Balaban J connectivity index is 1.77. The average Bonchev–Trinajstić information content (AvgIpc) is 2.56. The number of carbonyl (C=O) groups is 1. The Hall–Kier alpha value is -2.45. The minimum atomic E-state index is -3.16. The van der Waals surface area contributed by atoms with Crippen molar-refractivity contribution in [2.75, 3.05) is 24.7 Å². The van der Waals surface area contributed by atoms with Crippen LogP contribution >= 0.6 is 0 Å². The van der Waals surface area contributed by atoms with Crippen LogP contribution < -0.4 is 14.8 Å². The fraction of sp³-hybridized carbons (Fsp3) is 0.250. The number of hydrogen-bond donors (Lipinski definition) is 2. The summed E-state index contributed by atoms with van der Waals surface area (Å²) in [4.78, 5) is 15.9. The SMILES string of the molecule is CS(=O)(=O)NCCCOc1ccc(NC(=O)c2cccnc2)cc1. The standard InChI is InChI=1S/C16H19N3O4S/c1-24(21,22)18-10-3-11-23-15-7-5-14(6-8-15)19-16(20)13-4-2-9-17-12-13/h2,4-9,12,18H,3,10-11H2,1H3,(H,19,20). The van der Waals surface area contributed by atoms with Gasteiger partial charge in [-0.05, 0) is 42.8 Å². The predicted octanol–water partition coefficient (Wildman–Crippen LogP) is 1.65. The molecule has 128 valence electrons. The molecule has 7 nitrogen and oxygen atoms in total. The maximum absolute atomic E-state index is 12.0. The molecule has 1 heterocycles. The Kier molecular flexibility index (Phi) is 6.28. The van der Waals surface area contributed by atoms with Gasteiger partial charge in [0.1, 0.15) is 5.75 Å². The van der Waals surface area contributed by atoms with Gasteiger partial charge in [0.2, 0.25) is 10.0 Å². The van der Waals surface area contributed by atoms with Gasteiger partial charge < -0.3 is 10.1 Å². The monoisotopic (exact) mass is 349 g/mol. The second-order valence-electron chi connectivity index (χ2n) is 5.09. The van der Waals surface area contributed by atoms with Crippen molar-refractivity contribution < 1.29 is 17.9 Å². The van der Waals surface area contributed by atoms with E-state index >= 15 is 0 Å². The molecule has 0 fully saturated rings. The summed E-state index contributed by atoms with van der Waals surface area (Å²) >= 11 is 0. The number of amides is 1. The van der Waals surface area contributed by atoms with Crippen LogP contribution in [0.1, 0.15) is 16.8 Å². The van der Waals surface area contributed by atoms with Gasteiger partial charge in [0.15, 0.2) is 0 Å². The Bertz CT molecular complexity index is 762. The third kappa shape index (κ3) is 6.35. The quantitative estimate of drug-likeness (QED) is 0.706. The van der Waals surface area contributed by atoms with Gasteiger partial charge >= 0.3 is 0 Å². The van der Waals surface area contributed by atoms with Crippen LogP contribution in [0.4, 0.5) is 5.69 Å². The van der Waals surface area contributed by atoms with E-state index in [4.69, 9.17) is 4.74 Å². The topological polar surface area (TPSA) is 97.4 Å². The summed E-state index contributed by atoms with van der Waals surface area (Å²) in [5.41, 5.74) is 1.13. The van der Waals surface area contributed by atoms with Crippen molar-refractivity contribution in [3.8, 4) is 5.75 Å². The second kappa shape index (κ2) is 8.42. The molecular weight excluding hydrogens is 330 g/mol. The van der Waals surface area contributed by atoms with Crippen molar-refractivity contribution >= 4 is 21.6 Å². The molecule has 0 aliphatic carbocycles. The molecule has 8 heteroatoms. The molecule has 0 bridgehead atoms. The molecule has 0 saturated carbocycles. The van der Waals surface area contributed by atoms with Crippen molar-refractivity contribution in [2.24, 2.45) is 0 Å². The largest absolute Gasteiger partial charge is 0.494 e. The molecule has 24 heavy (non-hydrogen) atoms. The van der Waals surface area contributed by atoms with Gasteiger partial charge in [-0.3, -0.25) is 9.78 Å². The number of aromatic nitrogens is 1. The van der Waals surface area contributed by atoms with Crippen molar-refractivity contribution in [3.05, 3.63) is 54.4 Å². The predicted molar refractivity (Wildman–Crippen MR) is 91.6 cm³/mol. The van der Waals surface area contributed by atoms with Gasteiger partial charge in [0, 0.05) is 24.6 Å². The highest BCUT2D eigenvalue weighted by Gasteiger charge is 2.05. The lowest BCUT2D eigenvalue weighted by Crippen LogP contribution is -2.24. The maximum atomic E-state index is 12.0. The third-order valence-electron chi connectivity index (χ3n) is 2.99. The maximum Gasteiger partial charge on any atom is 0.257 e. The summed E-state index contributed by atoms with van der Waals surface area (Å²) in [6.07, 6.45) is 4.78. The van der Waals surface area contributed by atoms with E-state index in [0.29, 0.717) is 36.6 Å². The molecule has 0 aliphatic heterocycles. The van der Waals surface area contributed by atoms with Gasteiger partial charge in [0.25, 0.3) is 5.91 Å². The highest BCUT2D eigenvalue weighted by Crippen LogP contribution is 2.16. The second-order valence-corrected chi connectivity index (χ2v) is 6.92. The summed E-state index contributed by atoms with van der Waals surface area (Å²) < 4.78 is 29.7. The van der Waals surface area contributed by atoms with Gasteiger partial charge in [-0.2, -0.15) is 0 Å². The molecule has 0 unspecified atom stereocenters. The lowest BCUT2D eigenvalue weighted by molar-refractivity contribution is 0.102. The number of sulfonamides is 1. The molecule has 1 amide bonds. The van der Waals surface area contributed by atoms with Crippen molar-refractivity contribution in [1.29, 1.82) is 0 Å². The van der Waals surface area contributed by atoms with Crippen LogP contribution in [0, 0.1) is 0 Å². The molecule has 0 aliphatic rings. The fourth-order valence-corrected chi connectivity index (χ4v) is 2.37. The lowest BCUT2D eigenvalue weighted by Gasteiger charge is -2.08. The number of benzene rings is 1. The molecule has 2 aromatic rings. The number of carbonyl (C=O) groups excluding carboxylic acids is 1. The summed E-state index contributed by atoms with van der Waals surface area (Å²) in [5, 5.41) is 2.77. The zero-order valence-corrected chi connectivity index (χ0v) is 14.0. The number of rotatable bonds is 8. The first-order valence-electron chi connectivity index (χ1n) is 7.33. The molecule has 0 radical (unpaired) electrons. The third-order valence-corrected chi connectivity index (χ3v) is 3.72. The van der Waals surface area contributed by atoms with Crippen LogP contribution in [0.5, 0.6) is 5.75 Å². The van der Waals surface area contributed by atoms with E-state index in [-0.39, 0.29) is 5.91 Å². The highest BCUT2D eigenvalue weighted by atomic mass is 32.2. The number of nitrogens with zero attached hydrogens (tertiary/aromatic N) is 1. The Morgan fingerprint density at radius 3 is 2.58 bits per heavy atom. The Labute approximate surface area is 141 Å². The van der Waals surface area contributed by atoms with E-state index < -0.39 is 10.0 Å². The van der Waals surface area contributed by atoms with Gasteiger partial charge in [-0.1, -0.05) is 0 Å². The summed E-state index contributed by atoms with van der Waals surface area (Å²) in [6.45, 7) is 0.724. The number of nitrogens with one attached hydrogen (secondary N) is 2. The van der Waals surface area contributed by atoms with Crippen LogP contribution in [0.25, 0.3) is 0 Å². The van der Waals surface area contributed by atoms with E-state index in [1.165, 1.54) is 6.20 Å². The Morgan fingerprint density at radius 1 is 1.21 bits per heavy atom. The molecule has 1 aromatic carbocycles. The number of anilines is 1. The number of hydrogen-bond acceptors (Lipinski definition) is 5. The van der Waals surface area contributed by atoms with E-state index in [2.05, 4.69) is 15.0 Å². The zero-order valence-electron chi connectivity index (χ0n) is 13.2. The number of pyridine rings is 1. The minimum Gasteiger partial charge on any atom is -0.494 e. The van der Waals surface area contributed by atoms with Gasteiger partial charge in [-0.25, -0.2) is 13.1 Å². The van der Waals surface area contributed by atoms with Crippen LogP contribution in [0.15, 0.2) is 48.8 Å². The first kappa shape index (κ1) is 17.9. The van der Waals surface area contributed by atoms with Crippen LogP contribution in [-0.2, 0) is 10.0 Å². The molecular formula is C16H19N3O4S. The van der Waals surface area contributed by atoms with Crippen molar-refractivity contribution in [1.82, 2.24) is 9.71 Å². The summed E-state index contributed by atoms with van der Waals surface area (Å²) in [7, 11) is -3.16. The summed E-state index contributed by atoms with van der Waals surface area (Å²) in [6, 6.07) is 10.3. The first-order valence-corrected chi connectivity index (χ1v) is 9.22. The lowest BCUT2D eigenvalue weighted by atomic mass is 10.2. The smallest absolute Gasteiger partial charge is 0.257 e. The van der Waals surface area contributed by atoms with E-state index in [9.17, 15) is 13.2 Å². The molecule has 2 N–H and O–H groups in total.